The van der Waals surface area contributed by atoms with Crippen LogP contribution in [0.3, 0.4) is 0 Å². The predicted octanol–water partition coefficient (Wildman–Crippen LogP) is 5.35. The number of amides is 2. The van der Waals surface area contributed by atoms with Crippen LogP contribution in [0.4, 0.5) is 0 Å². The summed E-state index contributed by atoms with van der Waals surface area (Å²) in [6.07, 6.45) is 0.0552. The molecule has 0 saturated heterocycles. The summed E-state index contributed by atoms with van der Waals surface area (Å²) in [6.45, 7) is 0.449. The van der Waals surface area contributed by atoms with Crippen molar-refractivity contribution in [1.29, 1.82) is 0 Å². The molecule has 1 N–H and O–H groups in total. The maximum atomic E-state index is 14.1. The highest BCUT2D eigenvalue weighted by Crippen LogP contribution is 2.30. The molecule has 0 saturated carbocycles. The zero-order valence-corrected chi connectivity index (χ0v) is 24.3. The van der Waals surface area contributed by atoms with Crippen LogP contribution in [0.1, 0.15) is 28.3 Å². The van der Waals surface area contributed by atoms with Gasteiger partial charge in [0.15, 0.2) is 11.5 Å². The number of hydrogen-bond donors (Lipinski definition) is 1. The van der Waals surface area contributed by atoms with Crippen LogP contribution in [0, 0.1) is 0 Å². The molecule has 0 unspecified atom stereocenters. The van der Waals surface area contributed by atoms with E-state index in [1.807, 2.05) is 84.9 Å². The smallest absolute Gasteiger partial charge is 0.247 e. The molecule has 0 spiro atoms. The Kier molecular flexibility index (Phi) is 10.4. The minimum Gasteiger partial charge on any atom is -0.497 e. The summed E-state index contributed by atoms with van der Waals surface area (Å²) in [4.78, 5) is 29.7. The van der Waals surface area contributed by atoms with Crippen LogP contribution in [-0.2, 0) is 29.1 Å². The largest absolute Gasteiger partial charge is 0.497 e. The lowest BCUT2D eigenvalue weighted by atomic mass is 10.0. The second-order valence-electron chi connectivity index (χ2n) is 9.58. The molecule has 2 amide bonds. The Morgan fingerprint density at radius 1 is 0.690 bits per heavy atom. The van der Waals surface area contributed by atoms with Gasteiger partial charge in [-0.1, -0.05) is 66.7 Å². The highest BCUT2D eigenvalue weighted by Gasteiger charge is 2.32. The van der Waals surface area contributed by atoms with Crippen molar-refractivity contribution in [3.63, 3.8) is 0 Å². The number of benzene rings is 4. The van der Waals surface area contributed by atoms with E-state index < -0.39 is 6.04 Å². The van der Waals surface area contributed by atoms with E-state index >= 15 is 0 Å². The molecule has 0 aliphatic heterocycles. The number of ether oxygens (including phenoxy) is 4. The van der Waals surface area contributed by atoms with Crippen molar-refractivity contribution in [2.24, 2.45) is 0 Å². The monoisotopic (exact) mass is 568 g/mol. The van der Waals surface area contributed by atoms with Crippen molar-refractivity contribution in [1.82, 2.24) is 10.2 Å². The van der Waals surface area contributed by atoms with Gasteiger partial charge in [0.05, 0.1) is 34.9 Å². The van der Waals surface area contributed by atoms with Gasteiger partial charge in [-0.3, -0.25) is 9.59 Å². The molecule has 0 aromatic heterocycles. The first-order valence-electron chi connectivity index (χ1n) is 13.5. The lowest BCUT2D eigenvalue weighted by Crippen LogP contribution is -2.43. The number of rotatable bonds is 13. The number of nitrogens with zero attached hydrogens (tertiary/aromatic N) is 1. The average molecular weight is 569 g/mol. The predicted molar refractivity (Wildman–Crippen MR) is 161 cm³/mol. The number of para-hydroxylation sites is 1. The number of methoxy groups -OCH3 is 4. The van der Waals surface area contributed by atoms with Gasteiger partial charge in [0, 0.05) is 18.7 Å². The summed E-state index contributed by atoms with van der Waals surface area (Å²) in [5.41, 5.74) is 3.12. The molecule has 0 aliphatic carbocycles. The first kappa shape index (κ1) is 30.0. The third-order valence-electron chi connectivity index (χ3n) is 6.96. The minimum atomic E-state index is -0.893. The number of carbonyl (C=O) groups excluding carboxylic acids is 2. The van der Waals surface area contributed by atoms with Crippen LogP contribution < -0.4 is 24.3 Å². The molecular formula is C34H36N2O6. The Balaban J connectivity index is 1.70. The molecule has 0 bridgehead atoms. The number of carbonyl (C=O) groups is 2. The standard InChI is InChI=1S/C34H36N2O6/c1-39-28-17-14-24(15-18-28)23-36(32(37)21-25-16-19-30(41-3)31(20-25)42-4)33(26-10-6-5-7-11-26)34(38)35-22-27-12-8-9-13-29(27)40-2/h5-20,33H,21-23H2,1-4H3,(H,35,38)/t33-/m1/s1. The molecule has 42 heavy (non-hydrogen) atoms. The van der Waals surface area contributed by atoms with Gasteiger partial charge >= 0.3 is 0 Å². The molecule has 0 aliphatic rings. The van der Waals surface area contributed by atoms with Crippen molar-refractivity contribution >= 4 is 11.8 Å². The van der Waals surface area contributed by atoms with E-state index in [0.29, 0.717) is 28.6 Å². The second kappa shape index (κ2) is 14.6. The summed E-state index contributed by atoms with van der Waals surface area (Å²) in [5, 5.41) is 3.04. The summed E-state index contributed by atoms with van der Waals surface area (Å²) in [6, 6.07) is 28.8. The third kappa shape index (κ3) is 7.40. The Hall–Kier alpha value is -4.98. The summed E-state index contributed by atoms with van der Waals surface area (Å²) in [7, 11) is 6.31. The topological polar surface area (TPSA) is 86.3 Å². The second-order valence-corrected chi connectivity index (χ2v) is 9.58. The van der Waals surface area contributed by atoms with Gasteiger partial charge in [0.2, 0.25) is 11.8 Å². The van der Waals surface area contributed by atoms with Gasteiger partial charge < -0.3 is 29.2 Å². The molecule has 1 atom stereocenters. The van der Waals surface area contributed by atoms with E-state index in [1.165, 1.54) is 0 Å². The number of nitrogens with one attached hydrogen (secondary N) is 1. The Bertz CT molecular complexity index is 1470. The van der Waals surface area contributed by atoms with E-state index in [4.69, 9.17) is 18.9 Å². The quantitative estimate of drug-likeness (QED) is 0.234. The summed E-state index contributed by atoms with van der Waals surface area (Å²) >= 11 is 0. The SMILES string of the molecule is COc1ccc(CN(C(=O)Cc2ccc(OC)c(OC)c2)[C@@H](C(=O)NCc2ccccc2OC)c2ccccc2)cc1. The van der Waals surface area contributed by atoms with Gasteiger partial charge in [-0.25, -0.2) is 0 Å². The first-order chi connectivity index (χ1) is 20.5. The molecule has 8 nitrogen and oxygen atoms in total. The van der Waals surface area contributed by atoms with Crippen molar-refractivity contribution in [3.8, 4) is 23.0 Å². The van der Waals surface area contributed by atoms with Crippen molar-refractivity contribution in [3.05, 3.63) is 119 Å². The molecule has 4 aromatic rings. The third-order valence-corrected chi connectivity index (χ3v) is 6.96. The van der Waals surface area contributed by atoms with Gasteiger partial charge in [-0.2, -0.15) is 0 Å². The highest BCUT2D eigenvalue weighted by molar-refractivity contribution is 5.89. The molecule has 0 radical (unpaired) electrons. The van der Waals surface area contributed by atoms with Crippen LogP contribution in [0.2, 0.25) is 0 Å². The molecule has 4 rings (SSSR count). The van der Waals surface area contributed by atoms with E-state index in [0.717, 1.165) is 16.7 Å². The molecule has 8 heteroatoms. The van der Waals surface area contributed by atoms with Crippen LogP contribution in [-0.4, -0.2) is 45.2 Å². The van der Waals surface area contributed by atoms with E-state index in [-0.39, 0.29) is 31.3 Å². The van der Waals surface area contributed by atoms with E-state index in [2.05, 4.69) is 5.32 Å². The molecule has 0 fully saturated rings. The van der Waals surface area contributed by atoms with Crippen LogP contribution in [0.5, 0.6) is 23.0 Å². The fourth-order valence-corrected chi connectivity index (χ4v) is 4.75. The van der Waals surface area contributed by atoms with Crippen LogP contribution >= 0.6 is 0 Å². The van der Waals surface area contributed by atoms with E-state index in [1.54, 1.807) is 45.5 Å². The van der Waals surface area contributed by atoms with Crippen LogP contribution in [0.25, 0.3) is 0 Å². The average Bonchev–Trinajstić information content (AvgIpc) is 3.04. The van der Waals surface area contributed by atoms with Crippen molar-refractivity contribution in [2.45, 2.75) is 25.6 Å². The summed E-state index contributed by atoms with van der Waals surface area (Å²) in [5.74, 6) is 1.95. The van der Waals surface area contributed by atoms with Gasteiger partial charge in [0.25, 0.3) is 0 Å². The lowest BCUT2D eigenvalue weighted by Gasteiger charge is -2.32. The fraction of sp³-hybridized carbons (Fsp3) is 0.235. The highest BCUT2D eigenvalue weighted by atomic mass is 16.5. The van der Waals surface area contributed by atoms with Crippen molar-refractivity contribution in [2.75, 3.05) is 28.4 Å². The lowest BCUT2D eigenvalue weighted by molar-refractivity contribution is -0.141. The molecule has 0 heterocycles. The minimum absolute atomic E-state index is 0.0552. The van der Waals surface area contributed by atoms with Crippen molar-refractivity contribution < 1.29 is 28.5 Å². The number of hydrogen-bond acceptors (Lipinski definition) is 6. The fourth-order valence-electron chi connectivity index (χ4n) is 4.75. The maximum Gasteiger partial charge on any atom is 0.247 e. The zero-order valence-electron chi connectivity index (χ0n) is 24.3. The molecule has 218 valence electrons. The maximum absolute atomic E-state index is 14.1. The first-order valence-corrected chi connectivity index (χ1v) is 13.5. The molecular weight excluding hydrogens is 532 g/mol. The Morgan fingerprint density at radius 2 is 1.33 bits per heavy atom. The Morgan fingerprint density at radius 3 is 2.00 bits per heavy atom. The van der Waals surface area contributed by atoms with Crippen LogP contribution in [0.15, 0.2) is 97.1 Å². The van der Waals surface area contributed by atoms with Gasteiger partial charge in [-0.05, 0) is 47.0 Å². The normalized spacial score (nSPS) is 11.2. The molecule has 4 aromatic carbocycles. The summed E-state index contributed by atoms with van der Waals surface area (Å²) < 4.78 is 21.6. The van der Waals surface area contributed by atoms with E-state index in [9.17, 15) is 9.59 Å². The van der Waals surface area contributed by atoms with Gasteiger partial charge in [0.1, 0.15) is 17.5 Å². The Labute approximate surface area is 246 Å². The zero-order chi connectivity index (χ0) is 29.9. The van der Waals surface area contributed by atoms with Gasteiger partial charge in [-0.15, -0.1) is 0 Å².